The van der Waals surface area contributed by atoms with Gasteiger partial charge in [0, 0.05) is 19.2 Å². The van der Waals surface area contributed by atoms with Crippen molar-refractivity contribution in [3.8, 4) is 17.4 Å². The van der Waals surface area contributed by atoms with Crippen molar-refractivity contribution in [2.24, 2.45) is 0 Å². The van der Waals surface area contributed by atoms with E-state index in [2.05, 4.69) is 30.8 Å². The third-order valence-electron chi connectivity index (χ3n) is 4.94. The number of ether oxygens (including phenoxy) is 3. The number of hydrogen-bond donors (Lipinski definition) is 0. The lowest BCUT2D eigenvalue weighted by Crippen LogP contribution is -2.40. The molecule has 0 aromatic carbocycles. The lowest BCUT2D eigenvalue weighted by molar-refractivity contribution is 0.0766. The molecule has 0 spiro atoms. The van der Waals surface area contributed by atoms with E-state index in [4.69, 9.17) is 14.2 Å². The van der Waals surface area contributed by atoms with Crippen molar-refractivity contribution in [3.05, 3.63) is 40.5 Å². The maximum absolute atomic E-state index is 14.5. The Bertz CT molecular complexity index is 798. The average molecular weight is 438 g/mol. The lowest BCUT2D eigenvalue weighted by atomic mass is 10.0. The largest absolute Gasteiger partial charge is 0.489 e. The Morgan fingerprint density at radius 3 is 2.78 bits per heavy atom. The van der Waals surface area contributed by atoms with Crippen molar-refractivity contribution in [1.29, 1.82) is 0 Å². The number of likely N-dealkylation sites (tertiary alicyclic amines) is 1. The van der Waals surface area contributed by atoms with Crippen LogP contribution in [0.15, 0.2) is 29.0 Å². The fourth-order valence-electron chi connectivity index (χ4n) is 3.44. The molecule has 2 aromatic heterocycles. The van der Waals surface area contributed by atoms with Crippen LogP contribution in [0.2, 0.25) is 0 Å². The molecule has 4 heterocycles. The van der Waals surface area contributed by atoms with Gasteiger partial charge in [-0.05, 0) is 47.8 Å². The minimum atomic E-state index is -0.355. The Kier molecular flexibility index (Phi) is 5.45. The highest BCUT2D eigenvalue weighted by atomic mass is 79.9. The van der Waals surface area contributed by atoms with Crippen molar-refractivity contribution in [2.45, 2.75) is 31.9 Å². The van der Waals surface area contributed by atoms with Crippen LogP contribution in [0.3, 0.4) is 0 Å². The van der Waals surface area contributed by atoms with Gasteiger partial charge in [0.1, 0.15) is 35.5 Å². The molecule has 0 bridgehead atoms. The monoisotopic (exact) mass is 437 g/mol. The fraction of sp³-hybridized carbons (Fsp3) is 0.474. The first-order chi connectivity index (χ1) is 13.1. The van der Waals surface area contributed by atoms with Gasteiger partial charge >= 0.3 is 0 Å². The van der Waals surface area contributed by atoms with Crippen molar-refractivity contribution in [1.82, 2.24) is 14.9 Å². The number of pyridine rings is 2. The number of piperidine rings is 1. The standard InChI is InChI=1S/C19H21BrFN3O3/c1-12(18-15(21)10-16-19(23-18)26-9-8-25-16)24-6-4-13(5-7-24)27-14-2-3-17(20)22-11-14/h2-3,10-13H,4-9H2,1H3. The molecule has 0 aliphatic carbocycles. The highest BCUT2D eigenvalue weighted by Gasteiger charge is 2.28. The van der Waals surface area contributed by atoms with Gasteiger partial charge in [-0.15, -0.1) is 0 Å². The number of nitrogens with zero attached hydrogens (tertiary/aromatic N) is 3. The van der Waals surface area contributed by atoms with E-state index in [-0.39, 0.29) is 18.0 Å². The van der Waals surface area contributed by atoms with Crippen LogP contribution in [0.25, 0.3) is 0 Å². The number of rotatable bonds is 4. The van der Waals surface area contributed by atoms with Gasteiger partial charge in [-0.3, -0.25) is 4.90 Å². The van der Waals surface area contributed by atoms with Gasteiger partial charge in [-0.25, -0.2) is 14.4 Å². The molecule has 0 saturated carbocycles. The van der Waals surface area contributed by atoms with E-state index in [1.165, 1.54) is 6.07 Å². The molecule has 0 amide bonds. The molecule has 1 fully saturated rings. The zero-order valence-electron chi connectivity index (χ0n) is 15.0. The van der Waals surface area contributed by atoms with Crippen LogP contribution in [-0.2, 0) is 0 Å². The van der Waals surface area contributed by atoms with Gasteiger partial charge < -0.3 is 14.2 Å². The van der Waals surface area contributed by atoms with Crippen LogP contribution in [0.4, 0.5) is 4.39 Å². The maximum atomic E-state index is 14.5. The van der Waals surface area contributed by atoms with E-state index in [1.807, 2.05) is 19.1 Å². The molecule has 0 radical (unpaired) electrons. The molecular formula is C19H21BrFN3O3. The van der Waals surface area contributed by atoms with Crippen molar-refractivity contribution < 1.29 is 18.6 Å². The predicted octanol–water partition coefficient (Wildman–Crippen LogP) is 3.75. The normalized spacial score (nSPS) is 18.9. The summed E-state index contributed by atoms with van der Waals surface area (Å²) in [6, 6.07) is 5.00. The van der Waals surface area contributed by atoms with E-state index >= 15 is 0 Å². The first kappa shape index (κ1) is 18.4. The summed E-state index contributed by atoms with van der Waals surface area (Å²) < 4.78 is 32.2. The van der Waals surface area contributed by atoms with Gasteiger partial charge in [-0.2, -0.15) is 0 Å². The van der Waals surface area contributed by atoms with Crippen LogP contribution in [-0.4, -0.2) is 47.3 Å². The smallest absolute Gasteiger partial charge is 0.257 e. The zero-order chi connectivity index (χ0) is 18.8. The van der Waals surface area contributed by atoms with Crippen LogP contribution in [0.1, 0.15) is 31.5 Å². The Balaban J connectivity index is 1.38. The molecule has 0 N–H and O–H groups in total. The first-order valence-corrected chi connectivity index (χ1v) is 9.88. The minimum Gasteiger partial charge on any atom is -0.489 e. The second-order valence-corrected chi connectivity index (χ2v) is 7.51. The summed E-state index contributed by atoms with van der Waals surface area (Å²) >= 11 is 3.32. The Morgan fingerprint density at radius 2 is 2.04 bits per heavy atom. The third-order valence-corrected chi connectivity index (χ3v) is 5.41. The number of fused-ring (bicyclic) bond motifs is 1. The highest BCUT2D eigenvalue weighted by Crippen LogP contribution is 2.34. The molecule has 144 valence electrons. The van der Waals surface area contributed by atoms with Crippen LogP contribution in [0, 0.1) is 5.82 Å². The second-order valence-electron chi connectivity index (χ2n) is 6.70. The Labute approximate surface area is 165 Å². The van der Waals surface area contributed by atoms with Gasteiger partial charge in [-0.1, -0.05) is 0 Å². The lowest BCUT2D eigenvalue weighted by Gasteiger charge is -2.36. The molecule has 1 atom stereocenters. The zero-order valence-corrected chi connectivity index (χ0v) is 16.6. The summed E-state index contributed by atoms with van der Waals surface area (Å²) in [6.07, 6.45) is 3.58. The molecule has 4 rings (SSSR count). The Morgan fingerprint density at radius 1 is 1.26 bits per heavy atom. The molecule has 2 aliphatic rings. The van der Waals surface area contributed by atoms with Gasteiger partial charge in [0.05, 0.1) is 17.9 Å². The van der Waals surface area contributed by atoms with Crippen molar-refractivity contribution in [2.75, 3.05) is 26.3 Å². The summed E-state index contributed by atoms with van der Waals surface area (Å²) in [5.74, 6) is 1.17. The quantitative estimate of drug-likeness (QED) is 0.678. The van der Waals surface area contributed by atoms with Crippen molar-refractivity contribution >= 4 is 15.9 Å². The fourth-order valence-corrected chi connectivity index (χ4v) is 3.67. The molecule has 1 saturated heterocycles. The minimum absolute atomic E-state index is 0.134. The number of halogens is 2. The third kappa shape index (κ3) is 4.16. The van der Waals surface area contributed by atoms with E-state index in [9.17, 15) is 4.39 Å². The molecule has 8 heteroatoms. The predicted molar refractivity (Wildman–Crippen MR) is 101 cm³/mol. The number of aromatic nitrogens is 2. The summed E-state index contributed by atoms with van der Waals surface area (Å²) in [5.41, 5.74) is 0.399. The van der Waals surface area contributed by atoms with Gasteiger partial charge in [0.2, 0.25) is 0 Å². The molecule has 6 nitrogen and oxygen atoms in total. The summed E-state index contributed by atoms with van der Waals surface area (Å²) in [4.78, 5) is 10.8. The summed E-state index contributed by atoms with van der Waals surface area (Å²) in [5, 5.41) is 0. The Hall–Kier alpha value is -1.93. The number of hydrogen-bond acceptors (Lipinski definition) is 6. The van der Waals surface area contributed by atoms with E-state index in [1.54, 1.807) is 6.20 Å². The van der Waals surface area contributed by atoms with Gasteiger partial charge in [0.15, 0.2) is 5.75 Å². The summed E-state index contributed by atoms with van der Waals surface area (Å²) in [7, 11) is 0. The topological polar surface area (TPSA) is 56.7 Å². The molecule has 1 unspecified atom stereocenters. The van der Waals surface area contributed by atoms with E-state index < -0.39 is 0 Å². The van der Waals surface area contributed by atoms with E-state index in [0.717, 1.165) is 36.3 Å². The molecule has 2 aromatic rings. The SMILES string of the molecule is CC(c1nc2c(cc1F)OCCO2)N1CCC(Oc2ccc(Br)nc2)CC1. The molecular weight excluding hydrogens is 417 g/mol. The molecule has 2 aliphatic heterocycles. The van der Waals surface area contributed by atoms with Crippen LogP contribution >= 0.6 is 15.9 Å². The maximum Gasteiger partial charge on any atom is 0.257 e. The highest BCUT2D eigenvalue weighted by molar-refractivity contribution is 9.10. The molecule has 27 heavy (non-hydrogen) atoms. The average Bonchev–Trinajstić information content (AvgIpc) is 2.69. The van der Waals surface area contributed by atoms with Gasteiger partial charge in [0.25, 0.3) is 5.88 Å². The van der Waals surface area contributed by atoms with E-state index in [0.29, 0.717) is 30.5 Å². The second kappa shape index (κ2) is 7.98. The summed E-state index contributed by atoms with van der Waals surface area (Å²) in [6.45, 7) is 4.45. The van der Waals surface area contributed by atoms with Crippen LogP contribution in [0.5, 0.6) is 17.4 Å². The first-order valence-electron chi connectivity index (χ1n) is 9.08. The van der Waals surface area contributed by atoms with Crippen molar-refractivity contribution in [3.63, 3.8) is 0 Å². The van der Waals surface area contributed by atoms with Crippen LogP contribution < -0.4 is 14.2 Å².